The first kappa shape index (κ1) is 19.7. The first-order valence-electron chi connectivity index (χ1n) is 10.1. The van der Waals surface area contributed by atoms with Gasteiger partial charge >= 0.3 is 5.97 Å². The molecule has 1 saturated heterocycles. The van der Waals surface area contributed by atoms with Crippen LogP contribution in [0.25, 0.3) is 21.7 Å². The van der Waals surface area contributed by atoms with E-state index >= 15 is 0 Å². The van der Waals surface area contributed by atoms with E-state index in [1.54, 1.807) is 12.1 Å². The second-order valence-corrected chi connectivity index (χ2v) is 8.34. The number of aromatic nitrogens is 2. The van der Waals surface area contributed by atoms with Crippen molar-refractivity contribution in [3.63, 3.8) is 0 Å². The van der Waals surface area contributed by atoms with E-state index in [1.807, 2.05) is 29.6 Å². The zero-order valence-electron chi connectivity index (χ0n) is 16.7. The molecule has 1 fully saturated rings. The Kier molecular flexibility index (Phi) is 5.38. The average Bonchev–Trinajstić information content (AvgIpc) is 3.45. The molecular formula is C23H20FN3O3S. The molecule has 2 aromatic carbocycles. The van der Waals surface area contributed by atoms with Gasteiger partial charge in [0.2, 0.25) is 0 Å². The van der Waals surface area contributed by atoms with Crippen molar-refractivity contribution in [3.8, 4) is 10.6 Å². The monoisotopic (exact) mass is 437 g/mol. The van der Waals surface area contributed by atoms with Crippen LogP contribution in [-0.4, -0.2) is 29.0 Å². The van der Waals surface area contributed by atoms with Crippen LogP contribution in [0.5, 0.6) is 0 Å². The van der Waals surface area contributed by atoms with Gasteiger partial charge in [0.1, 0.15) is 22.9 Å². The van der Waals surface area contributed by atoms with Crippen LogP contribution in [0.1, 0.15) is 18.5 Å². The van der Waals surface area contributed by atoms with Crippen LogP contribution < -0.4 is 4.90 Å². The Balaban J connectivity index is 1.14. The van der Waals surface area contributed by atoms with Gasteiger partial charge < -0.3 is 14.1 Å². The van der Waals surface area contributed by atoms with Crippen LogP contribution >= 0.6 is 11.3 Å². The summed E-state index contributed by atoms with van der Waals surface area (Å²) in [7, 11) is 0. The topological polar surface area (TPSA) is 68.5 Å². The molecule has 1 aliphatic rings. The number of fused-ring (bicyclic) bond motifs is 1. The molecule has 0 radical (unpaired) electrons. The molecule has 3 heterocycles. The lowest BCUT2D eigenvalue weighted by Crippen LogP contribution is -2.37. The van der Waals surface area contributed by atoms with Crippen molar-refractivity contribution in [2.45, 2.75) is 19.4 Å². The summed E-state index contributed by atoms with van der Waals surface area (Å²) in [6.07, 6.45) is 1.38. The lowest BCUT2D eigenvalue weighted by atomic mass is 9.97. The highest BCUT2D eigenvalue weighted by Crippen LogP contribution is 2.28. The second kappa shape index (κ2) is 8.47. The predicted molar refractivity (Wildman–Crippen MR) is 116 cm³/mol. The number of para-hydroxylation sites is 2. The average molecular weight is 437 g/mol. The number of piperidine rings is 1. The van der Waals surface area contributed by atoms with Crippen molar-refractivity contribution in [2.75, 3.05) is 18.0 Å². The van der Waals surface area contributed by atoms with Crippen molar-refractivity contribution in [3.05, 3.63) is 65.4 Å². The van der Waals surface area contributed by atoms with Crippen LogP contribution in [0.3, 0.4) is 0 Å². The van der Waals surface area contributed by atoms with Gasteiger partial charge in [0.25, 0.3) is 6.01 Å². The van der Waals surface area contributed by atoms with Crippen molar-refractivity contribution >= 4 is 34.4 Å². The third kappa shape index (κ3) is 4.29. The Morgan fingerprint density at radius 2 is 1.90 bits per heavy atom. The first-order valence-corrected chi connectivity index (χ1v) is 11.0. The van der Waals surface area contributed by atoms with Gasteiger partial charge in [-0.15, -0.1) is 11.3 Å². The van der Waals surface area contributed by atoms with Crippen molar-refractivity contribution < 1.29 is 18.3 Å². The number of carbonyl (C=O) groups is 1. The molecule has 8 heteroatoms. The van der Waals surface area contributed by atoms with Crippen LogP contribution in [0.2, 0.25) is 0 Å². The highest BCUT2D eigenvalue weighted by Gasteiger charge is 2.28. The van der Waals surface area contributed by atoms with Crippen molar-refractivity contribution in [2.24, 2.45) is 5.92 Å². The summed E-state index contributed by atoms with van der Waals surface area (Å²) in [4.78, 5) is 23.6. The van der Waals surface area contributed by atoms with Gasteiger partial charge in [0, 0.05) is 24.0 Å². The number of anilines is 1. The van der Waals surface area contributed by atoms with Crippen LogP contribution in [-0.2, 0) is 16.1 Å². The maximum atomic E-state index is 13.1. The summed E-state index contributed by atoms with van der Waals surface area (Å²) in [6.45, 7) is 1.53. The predicted octanol–water partition coefficient (Wildman–Crippen LogP) is 5.05. The Labute approximate surface area is 182 Å². The third-order valence-electron chi connectivity index (χ3n) is 5.39. The molecule has 2 aromatic heterocycles. The van der Waals surface area contributed by atoms with E-state index in [0.29, 0.717) is 37.6 Å². The Morgan fingerprint density at radius 3 is 2.68 bits per heavy atom. The zero-order valence-corrected chi connectivity index (χ0v) is 17.5. The third-order valence-corrected chi connectivity index (χ3v) is 6.33. The molecule has 158 valence electrons. The summed E-state index contributed by atoms with van der Waals surface area (Å²) in [5.74, 6) is -0.624. The highest BCUT2D eigenvalue weighted by atomic mass is 32.1. The van der Waals surface area contributed by atoms with Gasteiger partial charge in [0.15, 0.2) is 5.58 Å². The maximum Gasteiger partial charge on any atom is 0.309 e. The molecule has 0 N–H and O–H groups in total. The molecule has 4 aromatic rings. The smallest absolute Gasteiger partial charge is 0.309 e. The molecular weight excluding hydrogens is 417 g/mol. The summed E-state index contributed by atoms with van der Waals surface area (Å²) in [5.41, 5.74) is 3.14. The van der Waals surface area contributed by atoms with Gasteiger partial charge in [-0.3, -0.25) is 4.79 Å². The van der Waals surface area contributed by atoms with E-state index < -0.39 is 0 Å². The Bertz CT molecular complexity index is 1160. The molecule has 6 nitrogen and oxygen atoms in total. The standard InChI is InChI=1S/C23H20FN3O3S/c24-17-7-5-15(6-8-17)21-25-18(14-31-21)13-29-22(28)16-9-11-27(12-10-16)23-26-19-3-1-2-4-20(19)30-23/h1-8,14,16H,9-13H2. The van der Waals surface area contributed by atoms with Gasteiger partial charge in [-0.25, -0.2) is 9.37 Å². The molecule has 0 amide bonds. The summed E-state index contributed by atoms with van der Waals surface area (Å²) < 4.78 is 24.4. The molecule has 5 rings (SSSR count). The van der Waals surface area contributed by atoms with Gasteiger partial charge in [-0.1, -0.05) is 12.1 Å². The quantitative estimate of drug-likeness (QED) is 0.407. The molecule has 0 aliphatic carbocycles. The molecule has 0 saturated carbocycles. The first-order chi connectivity index (χ1) is 15.2. The molecule has 0 unspecified atom stereocenters. The summed E-state index contributed by atoms with van der Waals surface area (Å²) in [6, 6.07) is 14.5. The number of oxazole rings is 1. The highest BCUT2D eigenvalue weighted by molar-refractivity contribution is 7.13. The van der Waals surface area contributed by atoms with Crippen LogP contribution in [0.4, 0.5) is 10.4 Å². The fraction of sp³-hybridized carbons (Fsp3) is 0.261. The fourth-order valence-corrected chi connectivity index (χ4v) is 4.47. The van der Waals surface area contributed by atoms with E-state index in [2.05, 4.69) is 14.9 Å². The number of rotatable bonds is 5. The number of carbonyl (C=O) groups excluding carboxylic acids is 1. The van der Waals surface area contributed by atoms with E-state index in [9.17, 15) is 9.18 Å². The van der Waals surface area contributed by atoms with E-state index in [0.717, 1.165) is 21.7 Å². The number of ether oxygens (including phenoxy) is 1. The normalized spacial score (nSPS) is 14.8. The number of thiazole rings is 1. The SMILES string of the molecule is O=C(OCc1csc(-c2ccc(F)cc2)n1)C1CCN(c2nc3ccccc3o2)CC1. The second-order valence-electron chi connectivity index (χ2n) is 7.48. The molecule has 0 bridgehead atoms. The van der Waals surface area contributed by atoms with Gasteiger partial charge in [-0.05, 0) is 49.2 Å². The number of nitrogens with zero attached hydrogens (tertiary/aromatic N) is 3. The summed E-state index contributed by atoms with van der Waals surface area (Å²) in [5, 5.41) is 2.64. The van der Waals surface area contributed by atoms with E-state index in [1.165, 1.54) is 23.5 Å². The van der Waals surface area contributed by atoms with Gasteiger partial charge in [-0.2, -0.15) is 4.98 Å². The van der Waals surface area contributed by atoms with Crippen LogP contribution in [0, 0.1) is 11.7 Å². The van der Waals surface area contributed by atoms with Crippen LogP contribution in [0.15, 0.2) is 58.3 Å². The molecule has 1 aliphatic heterocycles. The minimum absolute atomic E-state index is 0.141. The Morgan fingerprint density at radius 1 is 1.13 bits per heavy atom. The van der Waals surface area contributed by atoms with Crippen molar-refractivity contribution in [1.29, 1.82) is 0 Å². The van der Waals surface area contributed by atoms with E-state index in [-0.39, 0.29) is 24.3 Å². The lowest BCUT2D eigenvalue weighted by molar-refractivity contribution is -0.150. The largest absolute Gasteiger partial charge is 0.459 e. The number of halogens is 1. The molecule has 0 spiro atoms. The summed E-state index contributed by atoms with van der Waals surface area (Å²) >= 11 is 1.45. The fourth-order valence-electron chi connectivity index (χ4n) is 3.66. The molecule has 31 heavy (non-hydrogen) atoms. The minimum Gasteiger partial charge on any atom is -0.459 e. The van der Waals surface area contributed by atoms with Gasteiger partial charge in [0.05, 0.1) is 11.6 Å². The van der Waals surface area contributed by atoms with E-state index in [4.69, 9.17) is 9.15 Å². The minimum atomic E-state index is -0.281. The zero-order chi connectivity index (χ0) is 21.2. The van der Waals surface area contributed by atoms with Crippen molar-refractivity contribution in [1.82, 2.24) is 9.97 Å². The number of benzene rings is 2. The lowest BCUT2D eigenvalue weighted by Gasteiger charge is -2.29. The maximum absolute atomic E-state index is 13.1. The number of esters is 1. The number of hydrogen-bond donors (Lipinski definition) is 0. The molecule has 0 atom stereocenters. The number of hydrogen-bond acceptors (Lipinski definition) is 7. The Hall–Kier alpha value is -3.26.